The summed E-state index contributed by atoms with van der Waals surface area (Å²) in [5.74, 6) is 0.805. The van der Waals surface area contributed by atoms with E-state index in [0.29, 0.717) is 0 Å². The van der Waals surface area contributed by atoms with Gasteiger partial charge in [-0.2, -0.15) is 0 Å². The molecule has 1 aliphatic carbocycles. The van der Waals surface area contributed by atoms with Crippen LogP contribution in [-0.2, 0) is 13.1 Å². The zero-order chi connectivity index (χ0) is 11.4. The van der Waals surface area contributed by atoms with E-state index in [0.717, 1.165) is 25.0 Å². The highest BCUT2D eigenvalue weighted by molar-refractivity contribution is 4.97. The second-order valence-electron chi connectivity index (χ2n) is 5.29. The largest absolute Gasteiger partial charge is 0.337 e. The summed E-state index contributed by atoms with van der Waals surface area (Å²) in [5, 5.41) is 3.48. The molecule has 3 heteroatoms. The normalized spacial score (nSPS) is 15.9. The van der Waals surface area contributed by atoms with Crippen LogP contribution < -0.4 is 5.32 Å². The zero-order valence-electron chi connectivity index (χ0n) is 10.4. The molecule has 0 saturated heterocycles. The molecule has 0 unspecified atom stereocenters. The number of aromatic nitrogens is 2. The van der Waals surface area contributed by atoms with Crippen molar-refractivity contribution in [3.05, 3.63) is 18.2 Å². The minimum atomic E-state index is 0.770. The van der Waals surface area contributed by atoms with Gasteiger partial charge in [-0.25, -0.2) is 4.98 Å². The summed E-state index contributed by atoms with van der Waals surface area (Å²) in [6.07, 6.45) is 9.38. The molecule has 1 saturated carbocycles. The lowest BCUT2D eigenvalue weighted by Crippen LogP contribution is -2.15. The highest BCUT2D eigenvalue weighted by Crippen LogP contribution is 2.19. The van der Waals surface area contributed by atoms with Crippen LogP contribution >= 0.6 is 0 Å². The Bertz CT molecular complexity index is 313. The molecule has 16 heavy (non-hydrogen) atoms. The van der Waals surface area contributed by atoms with Crippen LogP contribution in [0.4, 0.5) is 0 Å². The fourth-order valence-electron chi connectivity index (χ4n) is 1.84. The summed E-state index contributed by atoms with van der Waals surface area (Å²) < 4.78 is 2.21. The van der Waals surface area contributed by atoms with E-state index in [1.54, 1.807) is 0 Å². The van der Waals surface area contributed by atoms with Crippen molar-refractivity contribution in [2.45, 2.75) is 58.7 Å². The van der Waals surface area contributed by atoms with Crippen LogP contribution in [0.25, 0.3) is 0 Å². The topological polar surface area (TPSA) is 29.9 Å². The molecule has 0 aliphatic heterocycles. The Balaban J connectivity index is 1.68. The van der Waals surface area contributed by atoms with Crippen LogP contribution in [0.1, 0.15) is 45.2 Å². The first-order chi connectivity index (χ1) is 7.74. The molecule has 3 nitrogen and oxygen atoms in total. The summed E-state index contributed by atoms with van der Waals surface area (Å²) in [5.41, 5.74) is 1.18. The molecule has 1 aromatic rings. The van der Waals surface area contributed by atoms with Gasteiger partial charge in [0.05, 0.1) is 12.0 Å². The molecule has 1 fully saturated rings. The molecule has 1 N–H and O–H groups in total. The number of hydrogen-bond acceptors (Lipinski definition) is 2. The average molecular weight is 221 g/mol. The highest BCUT2D eigenvalue weighted by atomic mass is 15.1. The van der Waals surface area contributed by atoms with Crippen molar-refractivity contribution < 1.29 is 0 Å². The number of aryl methyl sites for hydroxylation is 1. The van der Waals surface area contributed by atoms with Gasteiger partial charge < -0.3 is 9.88 Å². The quantitative estimate of drug-likeness (QED) is 0.767. The van der Waals surface area contributed by atoms with Gasteiger partial charge >= 0.3 is 0 Å². The average Bonchev–Trinajstić information content (AvgIpc) is 2.96. The molecule has 2 rings (SSSR count). The van der Waals surface area contributed by atoms with E-state index in [9.17, 15) is 0 Å². The first-order valence-corrected chi connectivity index (χ1v) is 6.48. The standard InChI is InChI=1S/C13H23N3/c1-11(2)4-3-7-16-9-13(15-10-16)8-14-12-5-6-12/h9-12,14H,3-8H2,1-2H3. The van der Waals surface area contributed by atoms with Crippen molar-refractivity contribution in [3.8, 4) is 0 Å². The Hall–Kier alpha value is -0.830. The summed E-state index contributed by atoms with van der Waals surface area (Å²) >= 11 is 0. The maximum absolute atomic E-state index is 4.41. The Labute approximate surface area is 98.3 Å². The number of nitrogens with one attached hydrogen (secondary N) is 1. The molecule has 90 valence electrons. The summed E-state index contributed by atoms with van der Waals surface area (Å²) in [6.45, 7) is 6.59. The molecule has 0 spiro atoms. The SMILES string of the molecule is CC(C)CCCn1cnc(CNC2CC2)c1. The van der Waals surface area contributed by atoms with Crippen LogP contribution in [0, 0.1) is 5.92 Å². The second kappa shape index (κ2) is 5.48. The van der Waals surface area contributed by atoms with E-state index in [1.165, 1.54) is 31.4 Å². The van der Waals surface area contributed by atoms with Gasteiger partial charge in [-0.15, -0.1) is 0 Å². The number of nitrogens with zero attached hydrogens (tertiary/aromatic N) is 2. The first-order valence-electron chi connectivity index (χ1n) is 6.48. The van der Waals surface area contributed by atoms with Crippen molar-refractivity contribution >= 4 is 0 Å². The molecular formula is C13H23N3. The lowest BCUT2D eigenvalue weighted by molar-refractivity contribution is 0.511. The minimum absolute atomic E-state index is 0.770. The maximum Gasteiger partial charge on any atom is 0.0949 e. The van der Waals surface area contributed by atoms with Crippen LogP contribution in [0.3, 0.4) is 0 Å². The first kappa shape index (κ1) is 11.6. The van der Waals surface area contributed by atoms with Crippen LogP contribution in [0.2, 0.25) is 0 Å². The van der Waals surface area contributed by atoms with Crippen molar-refractivity contribution in [2.75, 3.05) is 0 Å². The molecule has 0 amide bonds. The maximum atomic E-state index is 4.41. The van der Waals surface area contributed by atoms with E-state index in [1.807, 2.05) is 6.33 Å². The van der Waals surface area contributed by atoms with Crippen LogP contribution in [-0.4, -0.2) is 15.6 Å². The summed E-state index contributed by atoms with van der Waals surface area (Å²) in [6, 6.07) is 0.770. The highest BCUT2D eigenvalue weighted by Gasteiger charge is 2.20. The molecule has 1 aliphatic rings. The molecule has 0 aromatic carbocycles. The van der Waals surface area contributed by atoms with Gasteiger partial charge in [-0.3, -0.25) is 0 Å². The van der Waals surface area contributed by atoms with Gasteiger partial charge in [0, 0.05) is 25.3 Å². The monoisotopic (exact) mass is 221 g/mol. The third-order valence-electron chi connectivity index (χ3n) is 3.03. The smallest absolute Gasteiger partial charge is 0.0949 e. The van der Waals surface area contributed by atoms with Crippen molar-refractivity contribution in [1.29, 1.82) is 0 Å². The van der Waals surface area contributed by atoms with E-state index in [-0.39, 0.29) is 0 Å². The van der Waals surface area contributed by atoms with E-state index in [4.69, 9.17) is 0 Å². The fraction of sp³-hybridized carbons (Fsp3) is 0.769. The third kappa shape index (κ3) is 3.97. The molecule has 0 radical (unpaired) electrons. The molecule has 0 atom stereocenters. The van der Waals surface area contributed by atoms with Crippen molar-refractivity contribution in [2.24, 2.45) is 5.92 Å². The Kier molecular flexibility index (Phi) is 3.99. The van der Waals surface area contributed by atoms with E-state index < -0.39 is 0 Å². The summed E-state index contributed by atoms with van der Waals surface area (Å²) in [7, 11) is 0. The van der Waals surface area contributed by atoms with E-state index in [2.05, 4.69) is 34.9 Å². The summed E-state index contributed by atoms with van der Waals surface area (Å²) in [4.78, 5) is 4.41. The third-order valence-corrected chi connectivity index (χ3v) is 3.03. The second-order valence-corrected chi connectivity index (χ2v) is 5.29. The van der Waals surface area contributed by atoms with Crippen LogP contribution in [0.15, 0.2) is 12.5 Å². The molecule has 0 bridgehead atoms. The van der Waals surface area contributed by atoms with Gasteiger partial charge in [0.2, 0.25) is 0 Å². The number of imidazole rings is 1. The fourth-order valence-corrected chi connectivity index (χ4v) is 1.84. The van der Waals surface area contributed by atoms with Gasteiger partial charge in [0.15, 0.2) is 0 Å². The zero-order valence-corrected chi connectivity index (χ0v) is 10.4. The molecule has 1 heterocycles. The Morgan fingerprint density at radius 3 is 3.00 bits per heavy atom. The molecule has 1 aromatic heterocycles. The van der Waals surface area contributed by atoms with Gasteiger partial charge in [0.1, 0.15) is 0 Å². The van der Waals surface area contributed by atoms with E-state index >= 15 is 0 Å². The Morgan fingerprint density at radius 2 is 2.31 bits per heavy atom. The Morgan fingerprint density at radius 1 is 1.50 bits per heavy atom. The van der Waals surface area contributed by atoms with Crippen LogP contribution in [0.5, 0.6) is 0 Å². The number of rotatable bonds is 7. The van der Waals surface area contributed by atoms with Crippen molar-refractivity contribution in [1.82, 2.24) is 14.9 Å². The predicted molar refractivity (Wildman–Crippen MR) is 66.2 cm³/mol. The van der Waals surface area contributed by atoms with Gasteiger partial charge in [-0.05, 0) is 31.6 Å². The minimum Gasteiger partial charge on any atom is -0.337 e. The predicted octanol–water partition coefficient (Wildman–Crippen LogP) is 2.57. The number of hydrogen-bond donors (Lipinski definition) is 1. The van der Waals surface area contributed by atoms with Crippen molar-refractivity contribution in [3.63, 3.8) is 0 Å². The lowest BCUT2D eigenvalue weighted by atomic mass is 10.1. The lowest BCUT2D eigenvalue weighted by Gasteiger charge is -2.04. The van der Waals surface area contributed by atoms with Gasteiger partial charge in [-0.1, -0.05) is 13.8 Å². The van der Waals surface area contributed by atoms with Gasteiger partial charge in [0.25, 0.3) is 0 Å². The molecular weight excluding hydrogens is 198 g/mol.